The molecule has 0 aliphatic rings. The van der Waals surface area contributed by atoms with Crippen molar-refractivity contribution in [3.05, 3.63) is 29.8 Å². The van der Waals surface area contributed by atoms with Crippen LogP contribution in [-0.2, 0) is 0 Å². The molecule has 3 heteroatoms. The maximum atomic E-state index is 11.8. The van der Waals surface area contributed by atoms with Crippen molar-refractivity contribution in [2.45, 2.75) is 6.43 Å². The summed E-state index contributed by atoms with van der Waals surface area (Å²) >= 11 is 0. The summed E-state index contributed by atoms with van der Waals surface area (Å²) in [5.74, 6) is 2.43. The molecule has 0 fully saturated rings. The minimum absolute atomic E-state index is 0.353. The maximum Gasteiger partial charge on any atom is 0.255 e. The van der Waals surface area contributed by atoms with Gasteiger partial charge in [0.25, 0.3) is 6.43 Å². The van der Waals surface area contributed by atoms with Crippen molar-refractivity contribution in [1.82, 2.24) is 0 Å². The monoisotopic (exact) mass is 181 g/mol. The molecule has 0 saturated heterocycles. The quantitative estimate of drug-likeness (QED) is 0.706. The van der Waals surface area contributed by atoms with Gasteiger partial charge in [-0.05, 0) is 18.2 Å². The Kier molecular flexibility index (Phi) is 3.27. The van der Waals surface area contributed by atoms with Crippen molar-refractivity contribution >= 4 is 5.69 Å². The highest BCUT2D eigenvalue weighted by molar-refractivity contribution is 5.49. The Bertz CT molecular complexity index is 315. The van der Waals surface area contributed by atoms with Gasteiger partial charge in [0.2, 0.25) is 0 Å². The lowest BCUT2D eigenvalue weighted by Gasteiger charge is -2.05. The Hall–Kier alpha value is -1.56. The molecule has 1 nitrogen and oxygen atoms in total. The van der Waals surface area contributed by atoms with Crippen LogP contribution in [0.1, 0.15) is 5.56 Å². The fourth-order valence-corrected chi connectivity index (χ4v) is 0.914. The second kappa shape index (κ2) is 4.46. The van der Waals surface area contributed by atoms with Crippen molar-refractivity contribution in [2.24, 2.45) is 0 Å². The van der Waals surface area contributed by atoms with Crippen LogP contribution in [0.2, 0.25) is 0 Å². The lowest BCUT2D eigenvalue weighted by Crippen LogP contribution is -2.09. The summed E-state index contributed by atoms with van der Waals surface area (Å²) < 4.78 is 23.6. The van der Waals surface area contributed by atoms with Gasteiger partial charge in [-0.25, -0.2) is 8.78 Å². The molecule has 0 aliphatic heterocycles. The smallest absolute Gasteiger partial charge is 0.255 e. The largest absolute Gasteiger partial charge is 0.379 e. The highest BCUT2D eigenvalue weighted by Gasteiger charge is 2.00. The summed E-state index contributed by atoms with van der Waals surface area (Å²) in [6.07, 6.45) is 2.80. The highest BCUT2D eigenvalue weighted by atomic mass is 19.3. The van der Waals surface area contributed by atoms with E-state index in [-0.39, 0.29) is 6.54 Å². The van der Waals surface area contributed by atoms with E-state index in [0.717, 1.165) is 0 Å². The number of terminal acetylenes is 1. The number of anilines is 1. The van der Waals surface area contributed by atoms with Crippen LogP contribution in [0, 0.1) is 12.3 Å². The van der Waals surface area contributed by atoms with Crippen molar-refractivity contribution in [3.8, 4) is 12.3 Å². The van der Waals surface area contributed by atoms with Crippen LogP contribution in [0.5, 0.6) is 0 Å². The first-order chi connectivity index (χ1) is 6.22. The van der Waals surface area contributed by atoms with Crippen LogP contribution in [-0.4, -0.2) is 13.0 Å². The Morgan fingerprint density at radius 1 is 1.46 bits per heavy atom. The fraction of sp³-hybridized carbons (Fsp3) is 0.200. The summed E-state index contributed by atoms with van der Waals surface area (Å²) in [4.78, 5) is 0. The second-order valence-corrected chi connectivity index (χ2v) is 2.50. The van der Waals surface area contributed by atoms with Crippen LogP contribution < -0.4 is 5.32 Å². The first-order valence-corrected chi connectivity index (χ1v) is 3.81. The van der Waals surface area contributed by atoms with E-state index >= 15 is 0 Å². The molecule has 0 radical (unpaired) electrons. The van der Waals surface area contributed by atoms with Gasteiger partial charge in [-0.15, -0.1) is 6.42 Å². The molecule has 0 heterocycles. The topological polar surface area (TPSA) is 12.0 Å². The minimum Gasteiger partial charge on any atom is -0.379 e. The number of alkyl halides is 2. The molecule has 0 atom stereocenters. The van der Waals surface area contributed by atoms with Crippen molar-refractivity contribution in [1.29, 1.82) is 0 Å². The van der Waals surface area contributed by atoms with Crippen molar-refractivity contribution < 1.29 is 8.78 Å². The SMILES string of the molecule is C#Cc1cccc(NCC(F)F)c1. The lowest BCUT2D eigenvalue weighted by molar-refractivity contribution is 0.163. The van der Waals surface area contributed by atoms with Gasteiger partial charge in [-0.2, -0.15) is 0 Å². The zero-order chi connectivity index (χ0) is 9.68. The van der Waals surface area contributed by atoms with Gasteiger partial charge in [0.05, 0.1) is 6.54 Å². The zero-order valence-corrected chi connectivity index (χ0v) is 6.93. The molecular weight excluding hydrogens is 172 g/mol. The molecule has 68 valence electrons. The predicted molar refractivity (Wildman–Crippen MR) is 48.9 cm³/mol. The molecular formula is C10H9F2N. The third-order valence-corrected chi connectivity index (χ3v) is 1.49. The van der Waals surface area contributed by atoms with E-state index in [1.54, 1.807) is 24.3 Å². The summed E-state index contributed by atoms with van der Waals surface area (Å²) in [5, 5.41) is 2.57. The molecule has 1 rings (SSSR count). The lowest BCUT2D eigenvalue weighted by atomic mass is 10.2. The first kappa shape index (κ1) is 9.53. The summed E-state index contributed by atoms with van der Waals surface area (Å²) in [5.41, 5.74) is 1.30. The van der Waals surface area contributed by atoms with Gasteiger partial charge in [0.15, 0.2) is 0 Å². The number of hydrogen-bond donors (Lipinski definition) is 1. The Morgan fingerprint density at radius 3 is 2.85 bits per heavy atom. The van der Waals surface area contributed by atoms with Gasteiger partial charge in [0, 0.05) is 11.3 Å². The Labute approximate surface area is 75.8 Å². The average molecular weight is 181 g/mol. The van der Waals surface area contributed by atoms with Crippen LogP contribution >= 0.6 is 0 Å². The third-order valence-electron chi connectivity index (χ3n) is 1.49. The van der Waals surface area contributed by atoms with Gasteiger partial charge >= 0.3 is 0 Å². The highest BCUT2D eigenvalue weighted by Crippen LogP contribution is 2.09. The van der Waals surface area contributed by atoms with Crippen LogP contribution in [0.3, 0.4) is 0 Å². The predicted octanol–water partition coefficient (Wildman–Crippen LogP) is 2.34. The Morgan fingerprint density at radius 2 is 2.23 bits per heavy atom. The van der Waals surface area contributed by atoms with E-state index in [0.29, 0.717) is 11.3 Å². The fourth-order valence-electron chi connectivity index (χ4n) is 0.914. The van der Waals surface area contributed by atoms with E-state index in [1.807, 2.05) is 0 Å². The summed E-state index contributed by atoms with van der Waals surface area (Å²) in [6, 6.07) is 6.82. The van der Waals surface area contributed by atoms with Gasteiger partial charge in [0.1, 0.15) is 0 Å². The molecule has 0 spiro atoms. The van der Waals surface area contributed by atoms with Crippen LogP contribution in [0.25, 0.3) is 0 Å². The van der Waals surface area contributed by atoms with E-state index in [4.69, 9.17) is 6.42 Å². The summed E-state index contributed by atoms with van der Waals surface area (Å²) in [6.45, 7) is -0.353. The van der Waals surface area contributed by atoms with E-state index in [2.05, 4.69) is 11.2 Å². The first-order valence-electron chi connectivity index (χ1n) is 3.81. The minimum atomic E-state index is -2.35. The van der Waals surface area contributed by atoms with Gasteiger partial charge in [-0.3, -0.25) is 0 Å². The normalized spacial score (nSPS) is 9.69. The zero-order valence-electron chi connectivity index (χ0n) is 6.93. The molecule has 0 saturated carbocycles. The number of hydrogen-bond acceptors (Lipinski definition) is 1. The number of benzene rings is 1. The third kappa shape index (κ3) is 3.12. The maximum absolute atomic E-state index is 11.8. The molecule has 0 amide bonds. The number of rotatable bonds is 3. The molecule has 0 aliphatic carbocycles. The number of nitrogens with one attached hydrogen (secondary N) is 1. The van der Waals surface area contributed by atoms with Crippen LogP contribution in [0.15, 0.2) is 24.3 Å². The molecule has 0 aromatic heterocycles. The molecule has 13 heavy (non-hydrogen) atoms. The van der Waals surface area contributed by atoms with Crippen molar-refractivity contribution in [3.63, 3.8) is 0 Å². The van der Waals surface area contributed by atoms with Gasteiger partial charge < -0.3 is 5.32 Å². The van der Waals surface area contributed by atoms with Crippen LogP contribution in [0.4, 0.5) is 14.5 Å². The van der Waals surface area contributed by atoms with E-state index in [9.17, 15) is 8.78 Å². The molecule has 1 aromatic rings. The van der Waals surface area contributed by atoms with E-state index in [1.165, 1.54) is 0 Å². The van der Waals surface area contributed by atoms with Crippen molar-refractivity contribution in [2.75, 3.05) is 11.9 Å². The summed E-state index contributed by atoms with van der Waals surface area (Å²) in [7, 11) is 0. The molecule has 1 N–H and O–H groups in total. The molecule has 1 aromatic carbocycles. The molecule has 0 bridgehead atoms. The second-order valence-electron chi connectivity index (χ2n) is 2.50. The van der Waals surface area contributed by atoms with E-state index < -0.39 is 6.43 Å². The number of halogens is 2. The average Bonchev–Trinajstić information content (AvgIpc) is 2.15. The Balaban J connectivity index is 2.63. The molecule has 0 unspecified atom stereocenters. The van der Waals surface area contributed by atoms with Gasteiger partial charge in [-0.1, -0.05) is 12.0 Å². The standard InChI is InChI=1S/C10H9F2N/c1-2-8-4-3-5-9(6-8)13-7-10(11)12/h1,3-6,10,13H,7H2.